The van der Waals surface area contributed by atoms with Crippen molar-refractivity contribution in [2.24, 2.45) is 5.92 Å². The van der Waals surface area contributed by atoms with E-state index in [1.807, 2.05) is 29.8 Å². The van der Waals surface area contributed by atoms with Crippen LogP contribution in [-0.2, 0) is 11.3 Å². The zero-order valence-corrected chi connectivity index (χ0v) is 15.2. The standard InChI is InChI=1S/C18H26N6O/c1-14(2)24-13-20-21-17(24)12-22(3)18(25)15-7-6-10-23(11-15)16-8-4-5-9-19-16/h4-5,8-9,13-15H,6-7,10-12H2,1-3H3/t15-/m0/s1. The van der Waals surface area contributed by atoms with Crippen LogP contribution in [-0.4, -0.2) is 50.7 Å². The second kappa shape index (κ2) is 7.63. The van der Waals surface area contributed by atoms with Crippen LogP contribution in [0.1, 0.15) is 38.6 Å². The molecule has 1 aliphatic rings. The summed E-state index contributed by atoms with van der Waals surface area (Å²) in [5.41, 5.74) is 0. The first kappa shape index (κ1) is 17.4. The average molecular weight is 342 g/mol. The fourth-order valence-electron chi connectivity index (χ4n) is 3.34. The lowest BCUT2D eigenvalue weighted by Crippen LogP contribution is -2.44. The van der Waals surface area contributed by atoms with Gasteiger partial charge in [-0.05, 0) is 38.8 Å². The third kappa shape index (κ3) is 3.97. The highest BCUT2D eigenvalue weighted by atomic mass is 16.2. The van der Waals surface area contributed by atoms with E-state index in [9.17, 15) is 4.79 Å². The van der Waals surface area contributed by atoms with Crippen molar-refractivity contribution in [3.05, 3.63) is 36.5 Å². The molecule has 3 heterocycles. The fourth-order valence-corrected chi connectivity index (χ4v) is 3.34. The lowest BCUT2D eigenvalue weighted by molar-refractivity contribution is -0.135. The Morgan fingerprint density at radius 1 is 1.40 bits per heavy atom. The van der Waals surface area contributed by atoms with Crippen LogP contribution in [0.15, 0.2) is 30.7 Å². The van der Waals surface area contributed by atoms with Gasteiger partial charge in [0.1, 0.15) is 12.1 Å². The summed E-state index contributed by atoms with van der Waals surface area (Å²) in [5, 5.41) is 8.14. The second-order valence-electron chi connectivity index (χ2n) is 6.92. The van der Waals surface area contributed by atoms with Crippen LogP contribution in [0.2, 0.25) is 0 Å². The summed E-state index contributed by atoms with van der Waals surface area (Å²) >= 11 is 0. The zero-order valence-electron chi connectivity index (χ0n) is 15.2. The summed E-state index contributed by atoms with van der Waals surface area (Å²) in [6.07, 6.45) is 5.44. The van der Waals surface area contributed by atoms with Gasteiger partial charge in [-0.3, -0.25) is 4.79 Å². The van der Waals surface area contributed by atoms with Crippen LogP contribution >= 0.6 is 0 Å². The Kier molecular flexibility index (Phi) is 5.31. The Morgan fingerprint density at radius 3 is 2.96 bits per heavy atom. The Balaban J connectivity index is 1.64. The van der Waals surface area contributed by atoms with Gasteiger partial charge in [-0.15, -0.1) is 10.2 Å². The number of hydrogen-bond acceptors (Lipinski definition) is 5. The molecule has 0 unspecified atom stereocenters. The smallest absolute Gasteiger partial charge is 0.227 e. The van der Waals surface area contributed by atoms with E-state index in [-0.39, 0.29) is 17.9 Å². The number of pyridine rings is 1. The first-order valence-electron chi connectivity index (χ1n) is 8.85. The van der Waals surface area contributed by atoms with Gasteiger partial charge in [0, 0.05) is 32.4 Å². The molecule has 3 rings (SSSR count). The van der Waals surface area contributed by atoms with Crippen LogP contribution in [0.5, 0.6) is 0 Å². The normalized spacial score (nSPS) is 17.8. The second-order valence-corrected chi connectivity index (χ2v) is 6.92. The number of carbonyl (C=O) groups is 1. The van der Waals surface area contributed by atoms with Crippen LogP contribution in [0.4, 0.5) is 5.82 Å². The molecule has 7 heteroatoms. The first-order chi connectivity index (χ1) is 12.1. The van der Waals surface area contributed by atoms with Crippen molar-refractivity contribution in [2.45, 2.75) is 39.3 Å². The highest BCUT2D eigenvalue weighted by molar-refractivity contribution is 5.79. The van der Waals surface area contributed by atoms with Crippen LogP contribution in [0.3, 0.4) is 0 Å². The lowest BCUT2D eigenvalue weighted by atomic mass is 9.96. The van der Waals surface area contributed by atoms with Crippen LogP contribution in [0.25, 0.3) is 0 Å². The molecule has 134 valence electrons. The molecule has 0 spiro atoms. The van der Waals surface area contributed by atoms with E-state index in [4.69, 9.17) is 0 Å². The van der Waals surface area contributed by atoms with Gasteiger partial charge in [-0.25, -0.2) is 4.98 Å². The van der Waals surface area contributed by atoms with Gasteiger partial charge in [0.25, 0.3) is 0 Å². The zero-order chi connectivity index (χ0) is 17.8. The highest BCUT2D eigenvalue weighted by Crippen LogP contribution is 2.23. The quantitative estimate of drug-likeness (QED) is 0.833. The Bertz CT molecular complexity index is 699. The molecular formula is C18H26N6O. The Labute approximate surface area is 148 Å². The molecule has 25 heavy (non-hydrogen) atoms. The molecule has 2 aromatic heterocycles. The number of piperidine rings is 1. The van der Waals surface area contributed by atoms with Gasteiger partial charge in [0.2, 0.25) is 5.91 Å². The SMILES string of the molecule is CC(C)n1cnnc1CN(C)C(=O)[C@H]1CCCN(c2ccccn2)C1. The summed E-state index contributed by atoms with van der Waals surface area (Å²) in [7, 11) is 1.85. The molecule has 0 aliphatic carbocycles. The molecule has 2 aromatic rings. The van der Waals surface area contributed by atoms with Crippen molar-refractivity contribution in [1.29, 1.82) is 0 Å². The fraction of sp³-hybridized carbons (Fsp3) is 0.556. The van der Waals surface area contributed by atoms with Crippen molar-refractivity contribution in [1.82, 2.24) is 24.6 Å². The van der Waals surface area contributed by atoms with Crippen LogP contribution < -0.4 is 4.90 Å². The third-order valence-electron chi connectivity index (χ3n) is 4.70. The molecule has 7 nitrogen and oxygen atoms in total. The Morgan fingerprint density at radius 2 is 2.24 bits per heavy atom. The molecule has 1 aliphatic heterocycles. The van der Waals surface area contributed by atoms with E-state index >= 15 is 0 Å². The monoisotopic (exact) mass is 342 g/mol. The van der Waals surface area contributed by atoms with E-state index in [2.05, 4.69) is 33.9 Å². The maximum absolute atomic E-state index is 12.9. The molecule has 0 saturated carbocycles. The van der Waals surface area contributed by atoms with Gasteiger partial charge < -0.3 is 14.4 Å². The summed E-state index contributed by atoms with van der Waals surface area (Å²) in [6.45, 7) is 6.32. The number of rotatable bonds is 5. The van der Waals surface area contributed by atoms with Crippen molar-refractivity contribution < 1.29 is 4.79 Å². The van der Waals surface area contributed by atoms with Gasteiger partial charge in [-0.2, -0.15) is 0 Å². The summed E-state index contributed by atoms with van der Waals surface area (Å²) in [6, 6.07) is 6.18. The predicted octanol–water partition coefficient (Wildman–Crippen LogP) is 2.13. The lowest BCUT2D eigenvalue weighted by Gasteiger charge is -2.34. The number of amides is 1. The van der Waals surface area contributed by atoms with E-state index in [0.29, 0.717) is 6.54 Å². The number of nitrogens with zero attached hydrogens (tertiary/aromatic N) is 6. The van der Waals surface area contributed by atoms with Gasteiger partial charge >= 0.3 is 0 Å². The largest absolute Gasteiger partial charge is 0.356 e. The summed E-state index contributed by atoms with van der Waals surface area (Å²) in [5.74, 6) is 1.93. The molecule has 1 atom stereocenters. The predicted molar refractivity (Wildman–Crippen MR) is 96.1 cm³/mol. The van der Waals surface area contributed by atoms with E-state index < -0.39 is 0 Å². The molecule has 0 radical (unpaired) electrons. The maximum Gasteiger partial charge on any atom is 0.227 e. The minimum atomic E-state index is -0.00354. The number of aromatic nitrogens is 4. The molecular weight excluding hydrogens is 316 g/mol. The van der Waals surface area contributed by atoms with Crippen molar-refractivity contribution in [3.8, 4) is 0 Å². The summed E-state index contributed by atoms with van der Waals surface area (Å²) < 4.78 is 2.00. The van der Waals surface area contributed by atoms with Crippen molar-refractivity contribution in [2.75, 3.05) is 25.0 Å². The number of hydrogen-bond donors (Lipinski definition) is 0. The van der Waals surface area contributed by atoms with Gasteiger partial charge in [-0.1, -0.05) is 6.07 Å². The minimum Gasteiger partial charge on any atom is -0.356 e. The number of carbonyl (C=O) groups excluding carboxylic acids is 1. The van der Waals surface area contributed by atoms with E-state index in [1.54, 1.807) is 17.4 Å². The molecule has 0 bridgehead atoms. The third-order valence-corrected chi connectivity index (χ3v) is 4.70. The highest BCUT2D eigenvalue weighted by Gasteiger charge is 2.29. The van der Waals surface area contributed by atoms with Gasteiger partial charge in [0.05, 0.1) is 12.5 Å². The minimum absolute atomic E-state index is 0.00354. The molecule has 1 saturated heterocycles. The Hall–Kier alpha value is -2.44. The number of anilines is 1. The first-order valence-corrected chi connectivity index (χ1v) is 8.85. The average Bonchev–Trinajstić information content (AvgIpc) is 3.10. The van der Waals surface area contributed by atoms with Crippen molar-refractivity contribution >= 4 is 11.7 Å². The molecule has 1 amide bonds. The van der Waals surface area contributed by atoms with Crippen molar-refractivity contribution in [3.63, 3.8) is 0 Å². The maximum atomic E-state index is 12.9. The molecule has 0 N–H and O–H groups in total. The van der Waals surface area contributed by atoms with Gasteiger partial charge in [0.15, 0.2) is 5.82 Å². The topological polar surface area (TPSA) is 67.2 Å². The molecule has 0 aromatic carbocycles. The van der Waals surface area contributed by atoms with E-state index in [0.717, 1.165) is 37.6 Å². The summed E-state index contributed by atoms with van der Waals surface area (Å²) in [4.78, 5) is 21.3. The van der Waals surface area contributed by atoms with E-state index in [1.165, 1.54) is 0 Å². The molecule has 1 fully saturated rings. The van der Waals surface area contributed by atoms with Crippen LogP contribution in [0, 0.1) is 5.92 Å².